The van der Waals surface area contributed by atoms with Crippen molar-refractivity contribution in [3.05, 3.63) is 29.6 Å². The van der Waals surface area contributed by atoms with Gasteiger partial charge in [-0.2, -0.15) is 0 Å². The molecule has 108 valence electrons. The van der Waals surface area contributed by atoms with Gasteiger partial charge in [-0.3, -0.25) is 4.90 Å². The van der Waals surface area contributed by atoms with Crippen molar-refractivity contribution in [3.8, 4) is 0 Å². The third kappa shape index (κ3) is 2.38. The molecule has 1 unspecified atom stereocenters. The molecule has 4 nitrogen and oxygen atoms in total. The largest absolute Gasteiger partial charge is 0.478 e. The van der Waals surface area contributed by atoms with Crippen molar-refractivity contribution < 1.29 is 14.3 Å². The number of benzene rings is 1. The van der Waals surface area contributed by atoms with Crippen LogP contribution in [-0.2, 0) is 0 Å². The number of nitrogens with zero attached hydrogens (tertiary/aromatic N) is 2. The Morgan fingerprint density at radius 1 is 1.25 bits per heavy atom. The fraction of sp³-hybridized carbons (Fsp3) is 0.533. The Labute approximate surface area is 117 Å². The number of carboxylic acids is 1. The highest BCUT2D eigenvalue weighted by atomic mass is 19.1. The van der Waals surface area contributed by atoms with Crippen molar-refractivity contribution >= 4 is 11.7 Å². The molecule has 2 fully saturated rings. The maximum Gasteiger partial charge on any atom is 0.340 e. The number of carbonyl (C=O) groups is 1. The minimum Gasteiger partial charge on any atom is -0.478 e. The van der Waals surface area contributed by atoms with Gasteiger partial charge in [-0.15, -0.1) is 0 Å². The van der Waals surface area contributed by atoms with Gasteiger partial charge in [-0.1, -0.05) is 6.07 Å². The Hall–Kier alpha value is -1.62. The molecule has 0 bridgehead atoms. The summed E-state index contributed by atoms with van der Waals surface area (Å²) in [5, 5.41) is 9.21. The van der Waals surface area contributed by atoms with Crippen LogP contribution >= 0.6 is 0 Å². The van der Waals surface area contributed by atoms with Crippen molar-refractivity contribution in [2.24, 2.45) is 0 Å². The third-order valence-electron chi connectivity index (χ3n) is 4.37. The summed E-state index contributed by atoms with van der Waals surface area (Å²) in [6.45, 7) is 3.86. The number of hydrogen-bond donors (Lipinski definition) is 1. The van der Waals surface area contributed by atoms with Gasteiger partial charge < -0.3 is 10.0 Å². The molecule has 20 heavy (non-hydrogen) atoms. The zero-order valence-electron chi connectivity index (χ0n) is 11.4. The lowest BCUT2D eigenvalue weighted by atomic mass is 10.1. The van der Waals surface area contributed by atoms with Crippen LogP contribution in [0.25, 0.3) is 0 Å². The number of anilines is 1. The molecule has 2 aliphatic heterocycles. The summed E-state index contributed by atoms with van der Waals surface area (Å²) >= 11 is 0. The maximum absolute atomic E-state index is 13.7. The van der Waals surface area contributed by atoms with Gasteiger partial charge in [-0.05, 0) is 44.5 Å². The zero-order valence-corrected chi connectivity index (χ0v) is 11.4. The fourth-order valence-electron chi connectivity index (χ4n) is 3.35. The van der Waals surface area contributed by atoms with Crippen LogP contribution in [0, 0.1) is 5.82 Å². The summed E-state index contributed by atoms with van der Waals surface area (Å²) in [6.07, 6.45) is 3.52. The molecule has 2 heterocycles. The molecule has 0 aromatic heterocycles. The Balaban J connectivity index is 1.80. The van der Waals surface area contributed by atoms with Gasteiger partial charge in [-0.25, -0.2) is 9.18 Å². The quantitative estimate of drug-likeness (QED) is 0.920. The molecule has 0 saturated carbocycles. The molecule has 1 atom stereocenters. The van der Waals surface area contributed by atoms with Gasteiger partial charge in [0.2, 0.25) is 0 Å². The molecule has 0 aliphatic carbocycles. The van der Waals surface area contributed by atoms with E-state index in [2.05, 4.69) is 4.90 Å². The summed E-state index contributed by atoms with van der Waals surface area (Å²) in [4.78, 5) is 15.7. The van der Waals surface area contributed by atoms with E-state index in [1.165, 1.54) is 18.9 Å². The highest BCUT2D eigenvalue weighted by molar-refractivity contribution is 5.94. The van der Waals surface area contributed by atoms with E-state index in [0.29, 0.717) is 11.7 Å². The van der Waals surface area contributed by atoms with Gasteiger partial charge >= 0.3 is 5.97 Å². The summed E-state index contributed by atoms with van der Waals surface area (Å²) in [5.74, 6) is -1.85. The van der Waals surface area contributed by atoms with E-state index in [9.17, 15) is 14.3 Å². The molecule has 3 rings (SSSR count). The summed E-state index contributed by atoms with van der Waals surface area (Å²) in [7, 11) is 0. The standard InChI is InChI=1S/C15H19FN2O2/c16-12-4-3-5-13(14(12)15(19)20)18-9-6-11(10-18)17-7-1-2-8-17/h3-5,11H,1-2,6-10H2,(H,19,20). The van der Waals surface area contributed by atoms with Crippen LogP contribution in [0.2, 0.25) is 0 Å². The van der Waals surface area contributed by atoms with E-state index in [1.807, 2.05) is 4.90 Å². The summed E-state index contributed by atoms with van der Waals surface area (Å²) in [5.41, 5.74) is 0.314. The molecule has 0 amide bonds. The van der Waals surface area contributed by atoms with E-state index < -0.39 is 11.8 Å². The monoisotopic (exact) mass is 278 g/mol. The molecule has 1 aromatic rings. The van der Waals surface area contributed by atoms with Crippen molar-refractivity contribution in [2.75, 3.05) is 31.1 Å². The number of carboxylic acid groups (broad SMARTS) is 1. The average molecular weight is 278 g/mol. The lowest BCUT2D eigenvalue weighted by Gasteiger charge is -2.25. The lowest BCUT2D eigenvalue weighted by molar-refractivity contribution is 0.0692. The van der Waals surface area contributed by atoms with E-state index in [4.69, 9.17) is 0 Å². The SMILES string of the molecule is O=C(O)c1c(F)cccc1N1CCC(N2CCCC2)C1. The zero-order chi connectivity index (χ0) is 14.1. The molecule has 5 heteroatoms. The van der Waals surface area contributed by atoms with Gasteiger partial charge in [0.05, 0.1) is 5.69 Å². The lowest BCUT2D eigenvalue weighted by Crippen LogP contribution is -2.35. The van der Waals surface area contributed by atoms with Crippen molar-refractivity contribution in [1.29, 1.82) is 0 Å². The predicted octanol–water partition coefficient (Wildman–Crippen LogP) is 2.20. The third-order valence-corrected chi connectivity index (χ3v) is 4.37. The van der Waals surface area contributed by atoms with Crippen molar-refractivity contribution in [2.45, 2.75) is 25.3 Å². The number of hydrogen-bond acceptors (Lipinski definition) is 3. The van der Waals surface area contributed by atoms with Gasteiger partial charge in [0.25, 0.3) is 0 Å². The maximum atomic E-state index is 13.7. The molecule has 2 saturated heterocycles. The predicted molar refractivity (Wildman–Crippen MR) is 74.8 cm³/mol. The minimum absolute atomic E-state index is 0.199. The second-order valence-corrected chi connectivity index (χ2v) is 5.57. The molecular formula is C15H19FN2O2. The van der Waals surface area contributed by atoms with Crippen LogP contribution in [0.1, 0.15) is 29.6 Å². The van der Waals surface area contributed by atoms with Crippen LogP contribution < -0.4 is 4.90 Å². The van der Waals surface area contributed by atoms with E-state index >= 15 is 0 Å². The van der Waals surface area contributed by atoms with Crippen LogP contribution in [0.15, 0.2) is 18.2 Å². The minimum atomic E-state index is -1.19. The van der Waals surface area contributed by atoms with E-state index in [1.54, 1.807) is 12.1 Å². The number of aromatic carboxylic acids is 1. The Bertz CT molecular complexity index is 515. The van der Waals surface area contributed by atoms with Gasteiger partial charge in [0, 0.05) is 19.1 Å². The van der Waals surface area contributed by atoms with Crippen LogP contribution in [0.5, 0.6) is 0 Å². The van der Waals surface area contributed by atoms with Crippen LogP contribution in [0.3, 0.4) is 0 Å². The Morgan fingerprint density at radius 3 is 2.70 bits per heavy atom. The first-order valence-corrected chi connectivity index (χ1v) is 7.17. The number of rotatable bonds is 3. The summed E-state index contributed by atoms with van der Waals surface area (Å²) in [6, 6.07) is 4.97. The molecule has 2 aliphatic rings. The Kier molecular flexibility index (Phi) is 3.61. The van der Waals surface area contributed by atoms with Gasteiger partial charge in [0.1, 0.15) is 11.4 Å². The van der Waals surface area contributed by atoms with Gasteiger partial charge in [0.15, 0.2) is 0 Å². The first kappa shape index (κ1) is 13.4. The molecular weight excluding hydrogens is 259 g/mol. The highest BCUT2D eigenvalue weighted by Crippen LogP contribution is 2.29. The number of likely N-dealkylation sites (tertiary alicyclic amines) is 1. The first-order valence-electron chi connectivity index (χ1n) is 7.17. The fourth-order valence-corrected chi connectivity index (χ4v) is 3.35. The molecule has 0 spiro atoms. The second kappa shape index (κ2) is 5.40. The number of halogens is 1. The van der Waals surface area contributed by atoms with Crippen LogP contribution in [-0.4, -0.2) is 48.2 Å². The average Bonchev–Trinajstić information content (AvgIpc) is 3.09. The first-order chi connectivity index (χ1) is 9.66. The molecule has 1 N–H and O–H groups in total. The smallest absolute Gasteiger partial charge is 0.340 e. The van der Waals surface area contributed by atoms with E-state index in [0.717, 1.165) is 32.6 Å². The second-order valence-electron chi connectivity index (χ2n) is 5.57. The topological polar surface area (TPSA) is 43.8 Å². The van der Waals surface area contributed by atoms with Crippen molar-refractivity contribution in [1.82, 2.24) is 4.90 Å². The van der Waals surface area contributed by atoms with Crippen molar-refractivity contribution in [3.63, 3.8) is 0 Å². The van der Waals surface area contributed by atoms with Crippen LogP contribution in [0.4, 0.5) is 10.1 Å². The summed E-state index contributed by atoms with van der Waals surface area (Å²) < 4.78 is 13.7. The highest BCUT2D eigenvalue weighted by Gasteiger charge is 2.31. The Morgan fingerprint density at radius 2 is 2.00 bits per heavy atom. The molecule has 1 aromatic carbocycles. The normalized spacial score (nSPS) is 23.4. The molecule has 0 radical (unpaired) electrons. The van der Waals surface area contributed by atoms with E-state index in [-0.39, 0.29) is 5.56 Å².